The standard InChI is InChI=1S/C13H20N2O3/c1-6-13(3,18-5)12(16)15-10-7-8-11(17-4)14-9(10)2/h7-8H,6H2,1-5H3,(H,15,16)/t13-/m1/s1. The van der Waals surface area contributed by atoms with Crippen LogP contribution in [0.25, 0.3) is 0 Å². The molecule has 1 aromatic heterocycles. The number of pyridine rings is 1. The number of aromatic nitrogens is 1. The van der Waals surface area contributed by atoms with Crippen molar-refractivity contribution in [3.8, 4) is 5.88 Å². The lowest BCUT2D eigenvalue weighted by Gasteiger charge is -2.25. The Kier molecular flexibility index (Phi) is 4.67. The predicted molar refractivity (Wildman–Crippen MR) is 69.9 cm³/mol. The number of rotatable bonds is 5. The van der Waals surface area contributed by atoms with Crippen molar-refractivity contribution in [2.75, 3.05) is 19.5 Å². The summed E-state index contributed by atoms with van der Waals surface area (Å²) in [6, 6.07) is 3.48. The smallest absolute Gasteiger partial charge is 0.256 e. The van der Waals surface area contributed by atoms with Gasteiger partial charge in [-0.1, -0.05) is 6.92 Å². The molecule has 0 aromatic carbocycles. The highest BCUT2D eigenvalue weighted by Gasteiger charge is 2.31. The first-order valence-electron chi connectivity index (χ1n) is 5.85. The molecule has 5 nitrogen and oxygen atoms in total. The summed E-state index contributed by atoms with van der Waals surface area (Å²) < 4.78 is 10.3. The van der Waals surface area contributed by atoms with E-state index in [1.54, 1.807) is 26.2 Å². The summed E-state index contributed by atoms with van der Waals surface area (Å²) in [5, 5.41) is 2.82. The van der Waals surface area contributed by atoms with Crippen LogP contribution in [0.5, 0.6) is 5.88 Å². The highest BCUT2D eigenvalue weighted by molar-refractivity contribution is 5.97. The Morgan fingerprint density at radius 1 is 1.44 bits per heavy atom. The Balaban J connectivity index is 2.88. The Morgan fingerprint density at radius 3 is 2.56 bits per heavy atom. The Bertz CT molecular complexity index is 428. The van der Waals surface area contributed by atoms with Gasteiger partial charge in [0.15, 0.2) is 0 Å². The van der Waals surface area contributed by atoms with E-state index < -0.39 is 5.60 Å². The Morgan fingerprint density at radius 2 is 2.11 bits per heavy atom. The average Bonchev–Trinajstić information content (AvgIpc) is 2.39. The molecule has 0 spiro atoms. The molecule has 0 bridgehead atoms. The SMILES string of the molecule is CC[C@@](C)(OC)C(=O)Nc1ccc(OC)nc1C. The van der Waals surface area contributed by atoms with Crippen molar-refractivity contribution in [3.63, 3.8) is 0 Å². The summed E-state index contributed by atoms with van der Waals surface area (Å²) in [6.45, 7) is 5.48. The molecule has 18 heavy (non-hydrogen) atoms. The van der Waals surface area contributed by atoms with Crippen molar-refractivity contribution in [1.82, 2.24) is 4.98 Å². The molecule has 1 rings (SSSR count). The molecule has 0 fully saturated rings. The zero-order valence-electron chi connectivity index (χ0n) is 11.5. The maximum atomic E-state index is 12.1. The fraction of sp³-hybridized carbons (Fsp3) is 0.538. The molecule has 0 unspecified atom stereocenters. The minimum atomic E-state index is -0.827. The number of amides is 1. The topological polar surface area (TPSA) is 60.5 Å². The second-order valence-electron chi connectivity index (χ2n) is 4.23. The summed E-state index contributed by atoms with van der Waals surface area (Å²) in [6.07, 6.45) is 0.595. The summed E-state index contributed by atoms with van der Waals surface area (Å²) >= 11 is 0. The van der Waals surface area contributed by atoms with Crippen molar-refractivity contribution >= 4 is 11.6 Å². The minimum Gasteiger partial charge on any atom is -0.481 e. The fourth-order valence-electron chi connectivity index (χ4n) is 1.44. The van der Waals surface area contributed by atoms with Gasteiger partial charge in [0.25, 0.3) is 5.91 Å². The van der Waals surface area contributed by atoms with Gasteiger partial charge in [-0.15, -0.1) is 0 Å². The van der Waals surface area contributed by atoms with Crippen LogP contribution in [0.15, 0.2) is 12.1 Å². The molecule has 1 atom stereocenters. The third-order valence-electron chi connectivity index (χ3n) is 3.12. The lowest BCUT2D eigenvalue weighted by Crippen LogP contribution is -2.41. The van der Waals surface area contributed by atoms with Crippen LogP contribution in [0.2, 0.25) is 0 Å². The summed E-state index contributed by atoms with van der Waals surface area (Å²) in [4.78, 5) is 16.3. The average molecular weight is 252 g/mol. The van der Waals surface area contributed by atoms with E-state index >= 15 is 0 Å². The van der Waals surface area contributed by atoms with Gasteiger partial charge in [0.2, 0.25) is 5.88 Å². The van der Waals surface area contributed by atoms with E-state index in [-0.39, 0.29) is 5.91 Å². The number of ether oxygens (including phenoxy) is 2. The number of aryl methyl sites for hydroxylation is 1. The zero-order chi connectivity index (χ0) is 13.8. The first-order valence-corrected chi connectivity index (χ1v) is 5.85. The second-order valence-corrected chi connectivity index (χ2v) is 4.23. The van der Waals surface area contributed by atoms with E-state index in [9.17, 15) is 4.79 Å². The van der Waals surface area contributed by atoms with Crippen molar-refractivity contribution in [2.45, 2.75) is 32.8 Å². The summed E-state index contributed by atoms with van der Waals surface area (Å²) in [5.41, 5.74) is 0.543. The first-order chi connectivity index (χ1) is 8.46. The number of anilines is 1. The van der Waals surface area contributed by atoms with E-state index in [4.69, 9.17) is 9.47 Å². The quantitative estimate of drug-likeness (QED) is 0.872. The number of carbonyl (C=O) groups excluding carboxylic acids is 1. The third kappa shape index (κ3) is 2.98. The molecule has 0 aliphatic rings. The minimum absolute atomic E-state index is 0.178. The fourth-order valence-corrected chi connectivity index (χ4v) is 1.44. The number of methoxy groups -OCH3 is 2. The highest BCUT2D eigenvalue weighted by atomic mass is 16.5. The van der Waals surface area contributed by atoms with Gasteiger partial charge in [-0.25, -0.2) is 4.98 Å². The van der Waals surface area contributed by atoms with Gasteiger partial charge >= 0.3 is 0 Å². The van der Waals surface area contributed by atoms with Crippen LogP contribution in [-0.2, 0) is 9.53 Å². The number of nitrogens with zero attached hydrogens (tertiary/aromatic N) is 1. The number of nitrogens with one attached hydrogen (secondary N) is 1. The van der Waals surface area contributed by atoms with Crippen LogP contribution in [-0.4, -0.2) is 30.7 Å². The molecule has 1 amide bonds. The molecule has 0 aliphatic heterocycles. The van der Waals surface area contributed by atoms with Crippen LogP contribution in [0.1, 0.15) is 26.0 Å². The molecule has 0 radical (unpaired) electrons. The predicted octanol–water partition coefficient (Wildman–Crippen LogP) is 2.15. The summed E-state index contributed by atoms with van der Waals surface area (Å²) in [7, 11) is 3.08. The molecule has 0 aliphatic carbocycles. The van der Waals surface area contributed by atoms with Crippen molar-refractivity contribution < 1.29 is 14.3 Å². The molecule has 1 aromatic rings. The van der Waals surface area contributed by atoms with Gasteiger partial charge in [0, 0.05) is 13.2 Å². The largest absolute Gasteiger partial charge is 0.481 e. The van der Waals surface area contributed by atoms with Crippen molar-refractivity contribution in [2.24, 2.45) is 0 Å². The molecule has 0 saturated heterocycles. The maximum Gasteiger partial charge on any atom is 0.256 e. The van der Waals surface area contributed by atoms with E-state index in [0.717, 1.165) is 0 Å². The zero-order valence-corrected chi connectivity index (χ0v) is 11.5. The van der Waals surface area contributed by atoms with Crippen LogP contribution >= 0.6 is 0 Å². The second kappa shape index (κ2) is 5.82. The van der Waals surface area contributed by atoms with Gasteiger partial charge in [0.1, 0.15) is 5.60 Å². The van der Waals surface area contributed by atoms with Gasteiger partial charge < -0.3 is 14.8 Å². The van der Waals surface area contributed by atoms with Gasteiger partial charge in [0.05, 0.1) is 18.5 Å². The number of carbonyl (C=O) groups is 1. The number of hydrogen-bond donors (Lipinski definition) is 1. The Hall–Kier alpha value is -1.62. The lowest BCUT2D eigenvalue weighted by molar-refractivity contribution is -0.136. The van der Waals surface area contributed by atoms with Crippen molar-refractivity contribution in [3.05, 3.63) is 17.8 Å². The van der Waals surface area contributed by atoms with Crippen LogP contribution in [0.4, 0.5) is 5.69 Å². The van der Waals surface area contributed by atoms with Crippen LogP contribution < -0.4 is 10.1 Å². The molecular weight excluding hydrogens is 232 g/mol. The van der Waals surface area contributed by atoms with Gasteiger partial charge in [-0.3, -0.25) is 4.79 Å². The molecule has 0 saturated carbocycles. The first kappa shape index (κ1) is 14.4. The van der Waals surface area contributed by atoms with E-state index in [0.29, 0.717) is 23.7 Å². The summed E-state index contributed by atoms with van der Waals surface area (Å²) in [5.74, 6) is 0.345. The molecule has 1 heterocycles. The number of hydrogen-bond acceptors (Lipinski definition) is 4. The van der Waals surface area contributed by atoms with E-state index in [1.807, 2.05) is 13.8 Å². The molecule has 5 heteroatoms. The normalized spacial score (nSPS) is 13.8. The Labute approximate surface area is 108 Å². The molecule has 100 valence electrons. The van der Waals surface area contributed by atoms with E-state index in [1.165, 1.54) is 7.11 Å². The third-order valence-corrected chi connectivity index (χ3v) is 3.12. The molecule has 1 N–H and O–H groups in total. The maximum absolute atomic E-state index is 12.1. The van der Waals surface area contributed by atoms with Gasteiger partial charge in [-0.05, 0) is 26.3 Å². The monoisotopic (exact) mass is 252 g/mol. The van der Waals surface area contributed by atoms with Crippen molar-refractivity contribution in [1.29, 1.82) is 0 Å². The van der Waals surface area contributed by atoms with E-state index in [2.05, 4.69) is 10.3 Å². The highest BCUT2D eigenvalue weighted by Crippen LogP contribution is 2.21. The molecular formula is C13H20N2O3. The van der Waals surface area contributed by atoms with Crippen LogP contribution in [0.3, 0.4) is 0 Å². The lowest BCUT2D eigenvalue weighted by atomic mass is 10.0. The van der Waals surface area contributed by atoms with Crippen LogP contribution in [0, 0.1) is 6.92 Å². The van der Waals surface area contributed by atoms with Gasteiger partial charge in [-0.2, -0.15) is 0 Å².